The molecule has 1 amide bonds. The van der Waals surface area contributed by atoms with Gasteiger partial charge in [-0.2, -0.15) is 12.3 Å². The molecule has 0 spiro atoms. The van der Waals surface area contributed by atoms with Crippen LogP contribution in [0.15, 0.2) is 65.8 Å². The number of carbonyl (C=O) groups excluding carboxylic acids is 2. The van der Waals surface area contributed by atoms with Gasteiger partial charge < -0.3 is 20.6 Å². The Morgan fingerprint density at radius 2 is 1.52 bits per heavy atom. The summed E-state index contributed by atoms with van der Waals surface area (Å²) in [5.41, 5.74) is 7.57. The van der Waals surface area contributed by atoms with Crippen molar-refractivity contribution >= 4 is 28.0 Å². The van der Waals surface area contributed by atoms with Crippen LogP contribution >= 0.6 is 0 Å². The van der Waals surface area contributed by atoms with E-state index < -0.39 is 32.0 Å². The van der Waals surface area contributed by atoms with Crippen molar-refractivity contribution in [2.75, 3.05) is 18.8 Å². The molecule has 0 bridgehead atoms. The number of likely N-dealkylation sites (tertiary alicyclic amines) is 1. The first-order valence-corrected chi connectivity index (χ1v) is 15.6. The first kappa shape index (κ1) is 29.5. The molecule has 2 aliphatic rings. The Hall–Kier alpha value is -3.44. The van der Waals surface area contributed by atoms with Crippen molar-refractivity contribution in [1.82, 2.24) is 5.32 Å². The van der Waals surface area contributed by atoms with Gasteiger partial charge in [0.15, 0.2) is 6.04 Å². The maximum atomic E-state index is 13.7. The molecule has 1 saturated heterocycles. The lowest BCUT2D eigenvalue weighted by molar-refractivity contribution is -0.720. The molecule has 216 valence electrons. The third-order valence-corrected chi connectivity index (χ3v) is 10.2. The van der Waals surface area contributed by atoms with Crippen LogP contribution in [0, 0.1) is 5.92 Å². The molecular formula is C29H39N4O6S+. The van der Waals surface area contributed by atoms with Crippen LogP contribution in [0.4, 0.5) is 4.79 Å². The summed E-state index contributed by atoms with van der Waals surface area (Å²) in [4.78, 5) is 31.0. The van der Waals surface area contributed by atoms with Crippen molar-refractivity contribution < 1.29 is 31.5 Å². The summed E-state index contributed by atoms with van der Waals surface area (Å²) in [6, 6.07) is 16.4. The number of nitrogens with one attached hydrogen (secondary N) is 1. The number of ether oxygens (including phenoxy) is 1. The summed E-state index contributed by atoms with van der Waals surface area (Å²) in [6.07, 6.45) is 6.40. The summed E-state index contributed by atoms with van der Waals surface area (Å²) in [6.45, 7) is 0.593. The molecule has 10 nitrogen and oxygen atoms in total. The Bertz CT molecular complexity index is 1260. The number of nitrogens with zero attached hydrogens (tertiary/aromatic N) is 2. The van der Waals surface area contributed by atoms with E-state index in [1.165, 1.54) is 0 Å². The fraction of sp³-hybridized carbons (Fsp3) is 0.483. The van der Waals surface area contributed by atoms with Crippen molar-refractivity contribution in [1.29, 1.82) is 0 Å². The fourth-order valence-corrected chi connectivity index (χ4v) is 7.84. The van der Waals surface area contributed by atoms with Crippen LogP contribution in [0.25, 0.3) is 0 Å². The number of quaternary nitrogens is 1. The minimum Gasteiger partial charge on any atom is -0.445 e. The quantitative estimate of drug-likeness (QED) is 0.150. The number of alkyl carbamates (subject to hydrolysis) is 1. The zero-order valence-corrected chi connectivity index (χ0v) is 23.6. The second-order valence-electron chi connectivity index (χ2n) is 10.6. The molecule has 11 heteroatoms. The van der Waals surface area contributed by atoms with E-state index in [0.717, 1.165) is 44.1 Å². The molecule has 0 radical (unpaired) electrons. The molecule has 1 aliphatic heterocycles. The van der Waals surface area contributed by atoms with Crippen molar-refractivity contribution in [3.8, 4) is 0 Å². The zero-order valence-electron chi connectivity index (χ0n) is 22.7. The van der Waals surface area contributed by atoms with E-state index in [0.29, 0.717) is 18.4 Å². The summed E-state index contributed by atoms with van der Waals surface area (Å²) in [5.74, 6) is -1.04. The first-order chi connectivity index (χ1) is 19.3. The molecule has 0 aromatic heterocycles. The number of benzene rings is 2. The topological polar surface area (TPSA) is 137 Å². The van der Waals surface area contributed by atoms with Gasteiger partial charge in [0.1, 0.15) is 25.4 Å². The van der Waals surface area contributed by atoms with Crippen LogP contribution in [0.1, 0.15) is 68.5 Å². The smallest absolute Gasteiger partial charge is 0.408 e. The van der Waals surface area contributed by atoms with E-state index in [2.05, 4.69) is 10.5 Å². The van der Waals surface area contributed by atoms with Gasteiger partial charge in [0.2, 0.25) is 0 Å². The summed E-state index contributed by atoms with van der Waals surface area (Å²) < 4.78 is 32.3. The first-order valence-electron chi connectivity index (χ1n) is 14.0. The molecule has 1 aliphatic carbocycles. The molecule has 4 rings (SSSR count). The molecule has 2 aromatic rings. The number of piperidine rings is 1. The monoisotopic (exact) mass is 571 g/mol. The Labute approximate surface area is 236 Å². The van der Waals surface area contributed by atoms with Crippen LogP contribution in [0.2, 0.25) is 0 Å². The molecule has 2 fully saturated rings. The zero-order chi connectivity index (χ0) is 28.4. The predicted octanol–water partition coefficient (Wildman–Crippen LogP) is 4.34. The number of amides is 1. The van der Waals surface area contributed by atoms with E-state index >= 15 is 0 Å². The average molecular weight is 572 g/mol. The Morgan fingerprint density at radius 1 is 0.925 bits per heavy atom. The lowest BCUT2D eigenvalue weighted by atomic mass is 9.91. The molecule has 1 atom stereocenters. The SMILES string of the molecule is N/C(=N/OC(=O)C(NC(=O)OCc1ccccc1)c1ccccc1)[N+]1(S(=O)(=O)CC2CCCCC2)CCCCC1. The molecule has 1 heterocycles. The second kappa shape index (κ2) is 13.8. The third-order valence-electron chi connectivity index (χ3n) is 7.73. The number of hydrogen-bond donors (Lipinski definition) is 2. The largest absolute Gasteiger partial charge is 0.445 e. The minimum atomic E-state index is -3.72. The van der Waals surface area contributed by atoms with Crippen LogP contribution in [-0.2, 0) is 31.0 Å². The van der Waals surface area contributed by atoms with Crippen LogP contribution < -0.4 is 11.1 Å². The number of carbonyl (C=O) groups is 2. The van der Waals surface area contributed by atoms with Crippen LogP contribution in [0.5, 0.6) is 0 Å². The molecule has 40 heavy (non-hydrogen) atoms. The van der Waals surface area contributed by atoms with Gasteiger partial charge in [0.05, 0.1) is 0 Å². The van der Waals surface area contributed by atoms with E-state index in [-0.39, 0.29) is 37.3 Å². The van der Waals surface area contributed by atoms with Crippen molar-refractivity contribution in [3.05, 3.63) is 71.8 Å². The lowest BCUT2D eigenvalue weighted by Gasteiger charge is -2.38. The van der Waals surface area contributed by atoms with Crippen molar-refractivity contribution in [2.24, 2.45) is 16.8 Å². The maximum absolute atomic E-state index is 13.7. The molecule has 2 aromatic carbocycles. The summed E-state index contributed by atoms with van der Waals surface area (Å²) >= 11 is 0. The van der Waals surface area contributed by atoms with Crippen molar-refractivity contribution in [2.45, 2.75) is 64.0 Å². The highest BCUT2D eigenvalue weighted by molar-refractivity contribution is 7.86. The van der Waals surface area contributed by atoms with Crippen LogP contribution in [0.3, 0.4) is 0 Å². The standard InChI is InChI=1S/C29H38N4O6S/c30-28(33(19-11-4-12-20-33)40(36,37)22-24-15-7-2-8-16-24)32-39-27(34)26(25-17-9-3-10-18-25)31-29(35)38-21-23-13-5-1-6-14-23/h1,3,5-6,9-10,13-14,17-18,24,26H,2,4,7-8,11-12,15-16,19-22H2,(H2-,30,31,32,35)/p+1. The van der Waals surface area contributed by atoms with Gasteiger partial charge >= 0.3 is 28.0 Å². The van der Waals surface area contributed by atoms with Crippen LogP contribution in [-0.4, -0.2) is 49.2 Å². The van der Waals surface area contributed by atoms with Gasteiger partial charge in [0.25, 0.3) is 0 Å². The van der Waals surface area contributed by atoms with Crippen molar-refractivity contribution in [3.63, 3.8) is 0 Å². The number of sulfonamides is 1. The molecule has 3 N–H and O–H groups in total. The fourth-order valence-electron chi connectivity index (χ4n) is 5.49. The van der Waals surface area contributed by atoms with Gasteiger partial charge in [0, 0.05) is 5.16 Å². The molecular weight excluding hydrogens is 532 g/mol. The lowest BCUT2D eigenvalue weighted by Crippen LogP contribution is -2.63. The normalized spacial score (nSPS) is 18.9. The van der Waals surface area contributed by atoms with E-state index in [4.69, 9.17) is 15.3 Å². The van der Waals surface area contributed by atoms with E-state index in [1.54, 1.807) is 30.3 Å². The molecule has 1 unspecified atom stereocenters. The second-order valence-corrected chi connectivity index (χ2v) is 12.8. The van der Waals surface area contributed by atoms with E-state index in [1.807, 2.05) is 30.3 Å². The highest BCUT2D eigenvalue weighted by atomic mass is 32.2. The maximum Gasteiger partial charge on any atom is 0.408 e. The van der Waals surface area contributed by atoms with Gasteiger partial charge in [-0.25, -0.2) is 9.59 Å². The highest BCUT2D eigenvalue weighted by Crippen LogP contribution is 2.31. The molecule has 1 saturated carbocycles. The number of oxime groups is 1. The Balaban J connectivity index is 1.49. The average Bonchev–Trinajstić information content (AvgIpc) is 2.99. The highest BCUT2D eigenvalue weighted by Gasteiger charge is 2.48. The number of rotatable bonds is 9. The summed E-state index contributed by atoms with van der Waals surface area (Å²) in [7, 11) is -3.72. The predicted molar refractivity (Wildman–Crippen MR) is 151 cm³/mol. The van der Waals surface area contributed by atoms with Gasteiger partial charge in [-0.3, -0.25) is 0 Å². The minimum absolute atomic E-state index is 0.0210. The Kier molecular flexibility index (Phi) is 10.2. The van der Waals surface area contributed by atoms with Gasteiger partial charge in [-0.15, -0.1) is 0 Å². The summed E-state index contributed by atoms with van der Waals surface area (Å²) in [5, 5.41) is 6.40. The van der Waals surface area contributed by atoms with E-state index in [9.17, 15) is 18.0 Å². The number of nitrogens with two attached hydrogens (primary N) is 1. The number of guanidine groups is 1. The van der Waals surface area contributed by atoms with Gasteiger partial charge in [-0.1, -0.05) is 79.9 Å². The number of hydrogen-bond acceptors (Lipinski definition) is 7. The Morgan fingerprint density at radius 3 is 2.17 bits per heavy atom. The van der Waals surface area contributed by atoms with Gasteiger partial charge in [-0.05, 0) is 49.1 Å². The third kappa shape index (κ3) is 7.39.